The summed E-state index contributed by atoms with van der Waals surface area (Å²) in [5.74, 6) is 0.838. The number of rotatable bonds is 5. The van der Waals surface area contributed by atoms with Crippen molar-refractivity contribution in [2.45, 2.75) is 18.9 Å². The Labute approximate surface area is 79.2 Å². The van der Waals surface area contributed by atoms with Crippen molar-refractivity contribution in [2.24, 2.45) is 0 Å². The lowest BCUT2D eigenvalue weighted by Gasteiger charge is -2.15. The van der Waals surface area contributed by atoms with Crippen molar-refractivity contribution < 1.29 is 9.84 Å². The molecule has 0 amide bonds. The third kappa shape index (κ3) is 3.47. The smallest absolute Gasteiger partial charge is 0.119 e. The Balaban J connectivity index is 2.46. The maximum atomic E-state index is 8.74. The Morgan fingerprint density at radius 1 is 1.31 bits per heavy atom. The summed E-state index contributed by atoms with van der Waals surface area (Å²) in [5, 5.41) is 8.74. The summed E-state index contributed by atoms with van der Waals surface area (Å²) in [6.45, 7) is 3.91. The molecule has 0 aliphatic carbocycles. The molecular weight excluding hydrogens is 164 g/mol. The van der Waals surface area contributed by atoms with Crippen LogP contribution < -0.4 is 4.74 Å². The number of hydrogen-bond acceptors (Lipinski definition) is 2. The molecule has 2 heteroatoms. The minimum atomic E-state index is 0.0207. The Morgan fingerprint density at radius 3 is 2.54 bits per heavy atom. The highest BCUT2D eigenvalue weighted by Gasteiger charge is 2.06. The van der Waals surface area contributed by atoms with Gasteiger partial charge in [-0.05, 0) is 25.5 Å². The zero-order chi connectivity index (χ0) is 9.52. The molecule has 13 heavy (non-hydrogen) atoms. The lowest BCUT2D eigenvalue weighted by Crippen LogP contribution is -2.16. The molecule has 0 saturated carbocycles. The van der Waals surface area contributed by atoms with E-state index in [0.29, 0.717) is 12.8 Å². The van der Waals surface area contributed by atoms with Gasteiger partial charge in [-0.2, -0.15) is 0 Å². The van der Waals surface area contributed by atoms with Crippen molar-refractivity contribution in [3.05, 3.63) is 37.3 Å². The highest BCUT2D eigenvalue weighted by Crippen LogP contribution is 2.13. The number of hydrogen-bond donors (Lipinski definition) is 1. The molecule has 1 aromatic rings. The molecular formula is C11H15O2. The fraction of sp³-hybridized carbons (Fsp3) is 0.364. The summed E-state index contributed by atoms with van der Waals surface area (Å²) in [7, 11) is 0. The fourth-order valence-electron chi connectivity index (χ4n) is 1.10. The van der Waals surface area contributed by atoms with E-state index in [4.69, 9.17) is 9.84 Å². The molecule has 2 nitrogen and oxygen atoms in total. The van der Waals surface area contributed by atoms with Crippen LogP contribution in [0.25, 0.3) is 0 Å². The maximum absolute atomic E-state index is 8.74. The molecule has 1 rings (SSSR count). The molecule has 1 unspecified atom stereocenters. The van der Waals surface area contributed by atoms with E-state index in [9.17, 15) is 0 Å². The van der Waals surface area contributed by atoms with Gasteiger partial charge < -0.3 is 9.84 Å². The SMILES string of the molecule is [CH2]CC(CCO)Oc1ccccc1. The number of aliphatic hydroxyl groups is 1. The van der Waals surface area contributed by atoms with E-state index < -0.39 is 0 Å². The first kappa shape index (κ1) is 10.1. The molecule has 0 fully saturated rings. The van der Waals surface area contributed by atoms with Crippen LogP contribution in [0.4, 0.5) is 0 Å². The van der Waals surface area contributed by atoms with Crippen LogP contribution in [0.2, 0.25) is 0 Å². The van der Waals surface area contributed by atoms with Crippen molar-refractivity contribution in [3.8, 4) is 5.75 Å². The molecule has 0 aliphatic rings. The van der Waals surface area contributed by atoms with Crippen LogP contribution in [-0.2, 0) is 0 Å². The van der Waals surface area contributed by atoms with Crippen LogP contribution in [-0.4, -0.2) is 17.8 Å². The van der Waals surface area contributed by atoms with Crippen molar-refractivity contribution >= 4 is 0 Å². The van der Waals surface area contributed by atoms with Gasteiger partial charge in [0.2, 0.25) is 0 Å². The number of ether oxygens (including phenoxy) is 1. The molecule has 0 bridgehead atoms. The second kappa shape index (κ2) is 5.60. The van der Waals surface area contributed by atoms with E-state index in [0.717, 1.165) is 5.75 Å². The zero-order valence-electron chi connectivity index (χ0n) is 7.65. The summed E-state index contributed by atoms with van der Waals surface area (Å²) in [6, 6.07) is 9.60. The molecule has 1 radical (unpaired) electrons. The van der Waals surface area contributed by atoms with Gasteiger partial charge in [-0.25, -0.2) is 0 Å². The quantitative estimate of drug-likeness (QED) is 0.749. The van der Waals surface area contributed by atoms with Gasteiger partial charge in [-0.15, -0.1) is 0 Å². The zero-order valence-corrected chi connectivity index (χ0v) is 7.65. The number of para-hydroxylation sites is 1. The van der Waals surface area contributed by atoms with Crippen molar-refractivity contribution in [3.63, 3.8) is 0 Å². The first-order valence-corrected chi connectivity index (χ1v) is 4.48. The van der Waals surface area contributed by atoms with Crippen LogP contribution in [0.3, 0.4) is 0 Å². The highest BCUT2D eigenvalue weighted by atomic mass is 16.5. The minimum Gasteiger partial charge on any atom is -0.490 e. The van der Waals surface area contributed by atoms with E-state index in [1.165, 1.54) is 0 Å². The van der Waals surface area contributed by atoms with Crippen molar-refractivity contribution in [2.75, 3.05) is 6.61 Å². The first-order chi connectivity index (χ1) is 6.36. The van der Waals surface area contributed by atoms with Crippen molar-refractivity contribution in [1.82, 2.24) is 0 Å². The van der Waals surface area contributed by atoms with E-state index >= 15 is 0 Å². The first-order valence-electron chi connectivity index (χ1n) is 4.48. The second-order valence-corrected chi connectivity index (χ2v) is 2.85. The average Bonchev–Trinajstić information content (AvgIpc) is 2.19. The van der Waals surface area contributed by atoms with Gasteiger partial charge in [0, 0.05) is 13.0 Å². The van der Waals surface area contributed by atoms with Gasteiger partial charge in [-0.3, -0.25) is 0 Å². The average molecular weight is 179 g/mol. The van der Waals surface area contributed by atoms with Gasteiger partial charge in [-0.1, -0.05) is 18.2 Å². The van der Waals surface area contributed by atoms with Gasteiger partial charge in [0.25, 0.3) is 0 Å². The van der Waals surface area contributed by atoms with Crippen molar-refractivity contribution in [1.29, 1.82) is 0 Å². The maximum Gasteiger partial charge on any atom is 0.119 e. The molecule has 71 valence electrons. The molecule has 0 aromatic heterocycles. The Kier molecular flexibility index (Phi) is 4.33. The molecule has 0 aliphatic heterocycles. The summed E-state index contributed by atoms with van der Waals surface area (Å²) in [5.41, 5.74) is 0. The minimum absolute atomic E-state index is 0.0207. The Bertz CT molecular complexity index is 221. The van der Waals surface area contributed by atoms with E-state index in [1.807, 2.05) is 30.3 Å². The standard InChI is InChI=1S/C11H15O2/c1-2-10(8-9-12)13-11-6-4-3-5-7-11/h3-7,10,12H,1-2,8-9H2. The summed E-state index contributed by atoms with van der Waals surface area (Å²) in [4.78, 5) is 0. The van der Waals surface area contributed by atoms with Crippen LogP contribution in [0.1, 0.15) is 12.8 Å². The fourth-order valence-corrected chi connectivity index (χ4v) is 1.10. The van der Waals surface area contributed by atoms with E-state index in [2.05, 4.69) is 6.92 Å². The predicted octanol–water partition coefficient (Wildman–Crippen LogP) is 2.04. The molecule has 0 spiro atoms. The largest absolute Gasteiger partial charge is 0.490 e. The van der Waals surface area contributed by atoms with Gasteiger partial charge in [0.05, 0.1) is 0 Å². The summed E-state index contributed by atoms with van der Waals surface area (Å²) in [6.07, 6.45) is 1.33. The van der Waals surface area contributed by atoms with Gasteiger partial charge in [0.15, 0.2) is 0 Å². The Hall–Kier alpha value is -1.02. The molecule has 1 N–H and O–H groups in total. The Morgan fingerprint density at radius 2 is 2.00 bits per heavy atom. The van der Waals surface area contributed by atoms with Crippen LogP contribution >= 0.6 is 0 Å². The molecule has 0 heterocycles. The van der Waals surface area contributed by atoms with Crippen LogP contribution in [0, 0.1) is 6.92 Å². The third-order valence-corrected chi connectivity index (χ3v) is 1.82. The summed E-state index contributed by atoms with van der Waals surface area (Å²) < 4.78 is 5.58. The third-order valence-electron chi connectivity index (χ3n) is 1.82. The van der Waals surface area contributed by atoms with E-state index in [-0.39, 0.29) is 12.7 Å². The van der Waals surface area contributed by atoms with E-state index in [1.54, 1.807) is 0 Å². The predicted molar refractivity (Wildman–Crippen MR) is 52.5 cm³/mol. The van der Waals surface area contributed by atoms with Gasteiger partial charge >= 0.3 is 0 Å². The van der Waals surface area contributed by atoms with Crippen LogP contribution in [0.5, 0.6) is 5.75 Å². The second-order valence-electron chi connectivity index (χ2n) is 2.85. The molecule has 0 saturated heterocycles. The normalized spacial score (nSPS) is 12.5. The lowest BCUT2D eigenvalue weighted by molar-refractivity contribution is 0.156. The number of benzene rings is 1. The molecule has 1 aromatic carbocycles. The number of aliphatic hydroxyl groups excluding tert-OH is 1. The monoisotopic (exact) mass is 179 g/mol. The van der Waals surface area contributed by atoms with Gasteiger partial charge in [0.1, 0.15) is 11.9 Å². The summed E-state index contributed by atoms with van der Waals surface area (Å²) >= 11 is 0. The molecule has 1 atom stereocenters. The topological polar surface area (TPSA) is 29.5 Å². The highest BCUT2D eigenvalue weighted by molar-refractivity contribution is 5.21. The lowest BCUT2D eigenvalue weighted by atomic mass is 10.2. The van der Waals surface area contributed by atoms with Crippen LogP contribution in [0.15, 0.2) is 30.3 Å².